The first-order chi connectivity index (χ1) is 12.5. The van der Waals surface area contributed by atoms with Crippen molar-refractivity contribution in [3.63, 3.8) is 0 Å². The Morgan fingerprint density at radius 2 is 1.96 bits per heavy atom. The first-order valence-corrected chi connectivity index (χ1v) is 8.98. The van der Waals surface area contributed by atoms with E-state index in [0.717, 1.165) is 22.6 Å². The molecular weight excluding hydrogens is 352 g/mol. The molecule has 1 amide bonds. The first-order valence-electron chi connectivity index (χ1n) is 8.60. The van der Waals surface area contributed by atoms with E-state index in [4.69, 9.17) is 21.1 Å². The summed E-state index contributed by atoms with van der Waals surface area (Å²) >= 11 is 6.30. The van der Waals surface area contributed by atoms with Gasteiger partial charge in [0.15, 0.2) is 11.5 Å². The molecule has 0 aromatic heterocycles. The van der Waals surface area contributed by atoms with E-state index in [0.29, 0.717) is 24.4 Å². The van der Waals surface area contributed by atoms with Crippen LogP contribution in [0.2, 0.25) is 5.02 Å². The van der Waals surface area contributed by atoms with Gasteiger partial charge >= 0.3 is 0 Å². The van der Waals surface area contributed by atoms with Crippen LogP contribution in [0.5, 0.6) is 11.5 Å². The van der Waals surface area contributed by atoms with E-state index in [1.54, 1.807) is 0 Å². The highest BCUT2D eigenvalue weighted by atomic mass is 35.5. The number of aryl methyl sites for hydroxylation is 1. The fourth-order valence-corrected chi connectivity index (χ4v) is 3.23. The van der Waals surface area contributed by atoms with E-state index >= 15 is 0 Å². The van der Waals surface area contributed by atoms with E-state index in [-0.39, 0.29) is 18.7 Å². The minimum atomic E-state index is 0.0153. The fraction of sp³-hybridized carbons (Fsp3) is 0.350. The first kappa shape index (κ1) is 18.5. The van der Waals surface area contributed by atoms with Crippen LogP contribution < -0.4 is 14.8 Å². The van der Waals surface area contributed by atoms with Gasteiger partial charge in [-0.3, -0.25) is 4.79 Å². The lowest BCUT2D eigenvalue weighted by atomic mass is 10.1. The lowest BCUT2D eigenvalue weighted by Crippen LogP contribution is -2.34. The number of hydrogen-bond acceptors (Lipinski definition) is 4. The Labute approximate surface area is 158 Å². The maximum absolute atomic E-state index is 12.3. The summed E-state index contributed by atoms with van der Waals surface area (Å²) in [4.78, 5) is 14.3. The fourth-order valence-electron chi connectivity index (χ4n) is 2.97. The summed E-state index contributed by atoms with van der Waals surface area (Å²) in [7, 11) is 3.96. The third-order valence-corrected chi connectivity index (χ3v) is 4.80. The highest BCUT2D eigenvalue weighted by Crippen LogP contribution is 2.32. The number of nitrogens with one attached hydrogen (secondary N) is 1. The average molecular weight is 375 g/mol. The molecule has 0 spiro atoms. The van der Waals surface area contributed by atoms with Crippen molar-refractivity contribution in [2.75, 3.05) is 27.4 Å². The van der Waals surface area contributed by atoms with E-state index in [2.05, 4.69) is 10.2 Å². The van der Waals surface area contributed by atoms with Crippen LogP contribution in [0.4, 0.5) is 0 Å². The van der Waals surface area contributed by atoms with Gasteiger partial charge in [-0.15, -0.1) is 0 Å². The second kappa shape index (κ2) is 8.43. The van der Waals surface area contributed by atoms with Crippen molar-refractivity contribution >= 4 is 17.5 Å². The maximum atomic E-state index is 12.3. The third-order valence-electron chi connectivity index (χ3n) is 4.46. The van der Waals surface area contributed by atoms with Gasteiger partial charge in [-0.25, -0.2) is 0 Å². The molecule has 1 aliphatic rings. The summed E-state index contributed by atoms with van der Waals surface area (Å²) in [6.07, 6.45) is 1.07. The minimum Gasteiger partial charge on any atom is -0.454 e. The summed E-state index contributed by atoms with van der Waals surface area (Å²) in [5.41, 5.74) is 2.06. The molecule has 1 N–H and O–H groups in total. The van der Waals surface area contributed by atoms with Crippen LogP contribution >= 0.6 is 11.6 Å². The molecule has 2 aromatic carbocycles. The van der Waals surface area contributed by atoms with Crippen LogP contribution in [-0.4, -0.2) is 38.2 Å². The number of hydrogen-bond donors (Lipinski definition) is 1. The Bertz CT molecular complexity index is 779. The van der Waals surface area contributed by atoms with E-state index < -0.39 is 0 Å². The highest BCUT2D eigenvalue weighted by Gasteiger charge is 2.18. The molecule has 0 bridgehead atoms. The third kappa shape index (κ3) is 4.48. The Balaban J connectivity index is 1.53. The smallest absolute Gasteiger partial charge is 0.231 e. The summed E-state index contributed by atoms with van der Waals surface area (Å²) in [5.74, 6) is 1.52. The van der Waals surface area contributed by atoms with Crippen molar-refractivity contribution < 1.29 is 14.3 Å². The largest absolute Gasteiger partial charge is 0.454 e. The predicted molar refractivity (Wildman–Crippen MR) is 102 cm³/mol. The van der Waals surface area contributed by atoms with Gasteiger partial charge in [-0.1, -0.05) is 35.9 Å². The van der Waals surface area contributed by atoms with Crippen LogP contribution in [0, 0.1) is 0 Å². The minimum absolute atomic E-state index is 0.0153. The molecule has 26 heavy (non-hydrogen) atoms. The number of amides is 1. The number of benzene rings is 2. The van der Waals surface area contributed by atoms with E-state index in [9.17, 15) is 4.79 Å². The molecular formula is C20H23ClN2O3. The number of halogens is 1. The molecule has 1 aliphatic heterocycles. The van der Waals surface area contributed by atoms with E-state index in [1.165, 1.54) is 0 Å². The molecule has 0 saturated heterocycles. The van der Waals surface area contributed by atoms with Crippen LogP contribution in [0.25, 0.3) is 0 Å². The molecule has 0 aliphatic carbocycles. The lowest BCUT2D eigenvalue weighted by molar-refractivity contribution is -0.121. The van der Waals surface area contributed by atoms with Gasteiger partial charge in [-0.2, -0.15) is 0 Å². The highest BCUT2D eigenvalue weighted by molar-refractivity contribution is 6.31. The van der Waals surface area contributed by atoms with Gasteiger partial charge in [0.25, 0.3) is 0 Å². The summed E-state index contributed by atoms with van der Waals surface area (Å²) < 4.78 is 10.7. The zero-order chi connectivity index (χ0) is 18.5. The van der Waals surface area contributed by atoms with Gasteiger partial charge in [0, 0.05) is 18.0 Å². The van der Waals surface area contributed by atoms with Crippen LogP contribution in [-0.2, 0) is 11.2 Å². The number of fused-ring (bicyclic) bond motifs is 1. The molecule has 3 rings (SSSR count). The lowest BCUT2D eigenvalue weighted by Gasteiger charge is -2.26. The van der Waals surface area contributed by atoms with Crippen molar-refractivity contribution in [1.29, 1.82) is 0 Å². The summed E-state index contributed by atoms with van der Waals surface area (Å²) in [6, 6.07) is 13.5. The van der Waals surface area contributed by atoms with Gasteiger partial charge in [0.1, 0.15) is 0 Å². The number of carbonyl (C=O) groups excluding carboxylic acids is 1. The van der Waals surface area contributed by atoms with Gasteiger partial charge in [-0.05, 0) is 49.8 Å². The molecule has 0 saturated carbocycles. The second-order valence-electron chi connectivity index (χ2n) is 6.49. The number of ether oxygens (including phenoxy) is 2. The van der Waals surface area contributed by atoms with E-state index in [1.807, 2.05) is 56.6 Å². The van der Waals surface area contributed by atoms with Crippen LogP contribution in [0.15, 0.2) is 42.5 Å². The SMILES string of the molecule is CN(C)C(CNC(=O)CCc1ccc2c(c1)OCO2)c1ccccc1Cl. The van der Waals surface area contributed by atoms with Gasteiger partial charge in [0.2, 0.25) is 12.7 Å². The molecule has 138 valence electrons. The molecule has 0 fully saturated rings. The number of rotatable bonds is 7. The van der Waals surface area contributed by atoms with Crippen LogP contribution in [0.1, 0.15) is 23.6 Å². The normalized spacial score (nSPS) is 13.7. The Hall–Kier alpha value is -2.24. The number of carbonyl (C=O) groups is 1. The van der Waals surface area contributed by atoms with Crippen molar-refractivity contribution in [1.82, 2.24) is 10.2 Å². The summed E-state index contributed by atoms with van der Waals surface area (Å²) in [5, 5.41) is 3.73. The number of likely N-dealkylation sites (N-methyl/N-ethyl adjacent to an activating group) is 1. The average Bonchev–Trinajstić information content (AvgIpc) is 3.09. The summed E-state index contributed by atoms with van der Waals surface area (Å²) in [6.45, 7) is 0.768. The van der Waals surface area contributed by atoms with Crippen molar-refractivity contribution in [2.45, 2.75) is 18.9 Å². The quantitative estimate of drug-likeness (QED) is 0.806. The molecule has 5 nitrogen and oxygen atoms in total. The predicted octanol–water partition coefficient (Wildman–Crippen LogP) is 3.42. The molecule has 1 heterocycles. The molecule has 6 heteroatoms. The zero-order valence-electron chi connectivity index (χ0n) is 15.0. The Morgan fingerprint density at radius 3 is 2.73 bits per heavy atom. The topological polar surface area (TPSA) is 50.8 Å². The van der Waals surface area contributed by atoms with Gasteiger partial charge < -0.3 is 19.7 Å². The molecule has 1 atom stereocenters. The Morgan fingerprint density at radius 1 is 1.19 bits per heavy atom. The molecule has 2 aromatic rings. The molecule has 1 unspecified atom stereocenters. The van der Waals surface area contributed by atoms with Gasteiger partial charge in [0.05, 0.1) is 6.04 Å². The monoisotopic (exact) mass is 374 g/mol. The number of nitrogens with zero attached hydrogens (tertiary/aromatic N) is 1. The van der Waals surface area contributed by atoms with Crippen molar-refractivity contribution in [3.8, 4) is 11.5 Å². The van der Waals surface area contributed by atoms with Crippen LogP contribution in [0.3, 0.4) is 0 Å². The maximum Gasteiger partial charge on any atom is 0.231 e. The standard InChI is InChI=1S/C20H23ClN2O3/c1-23(2)17(15-5-3-4-6-16(15)21)12-22-20(24)10-8-14-7-9-18-19(11-14)26-13-25-18/h3-7,9,11,17H,8,10,12-13H2,1-2H3,(H,22,24). The van der Waals surface area contributed by atoms with Crippen molar-refractivity contribution in [3.05, 3.63) is 58.6 Å². The van der Waals surface area contributed by atoms with Crippen molar-refractivity contribution in [2.24, 2.45) is 0 Å². The zero-order valence-corrected chi connectivity index (χ0v) is 15.8. The molecule has 0 radical (unpaired) electrons. The Kier molecular flexibility index (Phi) is 6.01. The second-order valence-corrected chi connectivity index (χ2v) is 6.90.